The summed E-state index contributed by atoms with van der Waals surface area (Å²) in [6.45, 7) is 0. The van der Waals surface area contributed by atoms with E-state index in [2.05, 4.69) is 20.5 Å². The Morgan fingerprint density at radius 2 is 2.28 bits per heavy atom. The summed E-state index contributed by atoms with van der Waals surface area (Å²) in [4.78, 5) is 16.4. The molecule has 2 N–H and O–H groups in total. The molecular weight excluding hydrogens is 320 g/mol. The first-order chi connectivity index (χ1) is 12.2. The highest BCUT2D eigenvalue weighted by Gasteiger charge is 2.16. The molecule has 25 heavy (non-hydrogen) atoms. The van der Waals surface area contributed by atoms with Crippen LogP contribution in [0.2, 0.25) is 0 Å². The van der Waals surface area contributed by atoms with Crippen molar-refractivity contribution in [3.8, 4) is 17.3 Å². The van der Waals surface area contributed by atoms with Crippen LogP contribution < -0.4 is 5.32 Å². The fourth-order valence-corrected chi connectivity index (χ4v) is 2.62. The summed E-state index contributed by atoms with van der Waals surface area (Å²) < 4.78 is 6.55. The third-order valence-electron chi connectivity index (χ3n) is 3.92. The lowest BCUT2D eigenvalue weighted by atomic mass is 10.1. The van der Waals surface area contributed by atoms with Gasteiger partial charge in [-0.15, -0.1) is 0 Å². The summed E-state index contributed by atoms with van der Waals surface area (Å²) in [5.41, 5.74) is 3.35. The summed E-state index contributed by atoms with van der Waals surface area (Å²) >= 11 is 0. The molecule has 0 fully saturated rings. The number of H-pyrrole nitrogens is 1. The lowest BCUT2D eigenvalue weighted by molar-refractivity contribution is 0.101. The van der Waals surface area contributed by atoms with Crippen LogP contribution in [-0.4, -0.2) is 25.7 Å². The Balaban J connectivity index is 1.68. The monoisotopic (exact) mass is 332 g/mol. The van der Waals surface area contributed by atoms with Crippen LogP contribution in [0, 0.1) is 11.3 Å². The van der Waals surface area contributed by atoms with Crippen molar-refractivity contribution in [3.05, 3.63) is 54.5 Å². The summed E-state index contributed by atoms with van der Waals surface area (Å²) in [5.74, 6) is -0.226. The van der Waals surface area contributed by atoms with Crippen molar-refractivity contribution in [1.29, 1.82) is 5.26 Å². The number of carbonyl (C=O) groups is 1. The van der Waals surface area contributed by atoms with Crippen LogP contribution in [0.1, 0.15) is 16.3 Å². The molecule has 0 radical (unpaired) electrons. The molecule has 3 aromatic heterocycles. The summed E-state index contributed by atoms with van der Waals surface area (Å²) in [6.07, 6.45) is 4.55. The van der Waals surface area contributed by atoms with E-state index in [0.717, 1.165) is 22.2 Å². The number of nitriles is 1. The molecule has 0 atom stereocenters. The van der Waals surface area contributed by atoms with Crippen LogP contribution in [0.4, 0.5) is 5.69 Å². The molecule has 1 aromatic carbocycles. The van der Waals surface area contributed by atoms with Gasteiger partial charge in [0, 0.05) is 23.7 Å². The van der Waals surface area contributed by atoms with Crippen molar-refractivity contribution in [2.24, 2.45) is 7.05 Å². The summed E-state index contributed by atoms with van der Waals surface area (Å²) in [7, 11) is 1.62. The van der Waals surface area contributed by atoms with Crippen LogP contribution in [0.5, 0.6) is 0 Å². The summed E-state index contributed by atoms with van der Waals surface area (Å²) in [5, 5.41) is 19.9. The Hall–Kier alpha value is -3.86. The Morgan fingerprint density at radius 3 is 3.00 bits per heavy atom. The van der Waals surface area contributed by atoms with E-state index in [-0.39, 0.29) is 5.82 Å². The van der Waals surface area contributed by atoms with Gasteiger partial charge >= 0.3 is 0 Å². The van der Waals surface area contributed by atoms with Gasteiger partial charge in [-0.05, 0) is 24.3 Å². The maximum Gasteiger partial charge on any atom is 0.291 e. The number of aromatic nitrogens is 4. The molecule has 0 unspecified atom stereocenters. The molecule has 8 nitrogen and oxygen atoms in total. The zero-order valence-corrected chi connectivity index (χ0v) is 13.1. The molecule has 0 bridgehead atoms. The number of fused-ring (bicyclic) bond motifs is 1. The molecule has 0 aliphatic rings. The van der Waals surface area contributed by atoms with Gasteiger partial charge in [-0.3, -0.25) is 9.89 Å². The van der Waals surface area contributed by atoms with E-state index in [9.17, 15) is 4.79 Å². The number of nitrogens with zero attached hydrogens (tertiary/aromatic N) is 4. The molecule has 0 aliphatic carbocycles. The quantitative estimate of drug-likeness (QED) is 0.599. The van der Waals surface area contributed by atoms with Gasteiger partial charge in [0.1, 0.15) is 17.5 Å². The Kier molecular flexibility index (Phi) is 3.32. The van der Waals surface area contributed by atoms with E-state index in [1.807, 2.05) is 24.3 Å². The lowest BCUT2D eigenvalue weighted by Gasteiger charge is -2.06. The minimum absolute atomic E-state index is 0.166. The van der Waals surface area contributed by atoms with Gasteiger partial charge in [0.2, 0.25) is 0 Å². The predicted molar refractivity (Wildman–Crippen MR) is 89.7 cm³/mol. The van der Waals surface area contributed by atoms with Gasteiger partial charge in [-0.2, -0.15) is 10.4 Å². The van der Waals surface area contributed by atoms with Crippen LogP contribution in [0.15, 0.2) is 47.4 Å². The van der Waals surface area contributed by atoms with E-state index in [1.165, 1.54) is 10.8 Å². The molecule has 8 heteroatoms. The molecule has 122 valence electrons. The van der Waals surface area contributed by atoms with E-state index in [0.29, 0.717) is 11.4 Å². The second kappa shape index (κ2) is 5.65. The average molecular weight is 332 g/mol. The minimum atomic E-state index is -0.392. The number of hydrogen-bond donors (Lipinski definition) is 2. The number of carbonyl (C=O) groups excluding carboxylic acids is 1. The van der Waals surface area contributed by atoms with E-state index in [4.69, 9.17) is 9.68 Å². The van der Waals surface area contributed by atoms with Crippen molar-refractivity contribution in [2.45, 2.75) is 0 Å². The molecule has 4 aromatic rings. The summed E-state index contributed by atoms with van der Waals surface area (Å²) in [6, 6.07) is 9.23. The topological polar surface area (TPSA) is 113 Å². The Labute approximate surface area is 141 Å². The van der Waals surface area contributed by atoms with E-state index < -0.39 is 5.91 Å². The maximum atomic E-state index is 12.4. The number of hydrogen-bond acceptors (Lipinski definition) is 5. The van der Waals surface area contributed by atoms with Gasteiger partial charge in [-0.25, -0.2) is 4.98 Å². The number of amides is 1. The van der Waals surface area contributed by atoms with Crippen LogP contribution in [-0.2, 0) is 7.05 Å². The molecule has 4 rings (SSSR count). The van der Waals surface area contributed by atoms with Crippen molar-refractivity contribution < 1.29 is 9.21 Å². The van der Waals surface area contributed by atoms with Crippen LogP contribution >= 0.6 is 0 Å². The number of benzene rings is 1. The standard InChI is InChI=1S/C17H12N6O2/c1-23-12(7-18)8-19-16(23)17(24)20-11-2-3-14-13(6-11)15(22-21-14)10-4-5-25-9-10/h2-6,8-9H,1H3,(H,20,24)(H,21,22). The minimum Gasteiger partial charge on any atom is -0.472 e. The second-order valence-corrected chi connectivity index (χ2v) is 5.44. The first-order valence-electron chi connectivity index (χ1n) is 7.41. The third-order valence-corrected chi connectivity index (χ3v) is 3.92. The van der Waals surface area contributed by atoms with Crippen LogP contribution in [0.25, 0.3) is 22.2 Å². The largest absolute Gasteiger partial charge is 0.472 e. The van der Waals surface area contributed by atoms with Gasteiger partial charge in [0.15, 0.2) is 5.82 Å². The zero-order valence-electron chi connectivity index (χ0n) is 13.1. The van der Waals surface area contributed by atoms with Crippen LogP contribution in [0.3, 0.4) is 0 Å². The maximum absolute atomic E-state index is 12.4. The number of aromatic amines is 1. The van der Waals surface area contributed by atoms with Crippen molar-refractivity contribution >= 4 is 22.5 Å². The molecule has 0 spiro atoms. The Morgan fingerprint density at radius 1 is 1.40 bits per heavy atom. The highest BCUT2D eigenvalue weighted by atomic mass is 16.3. The van der Waals surface area contributed by atoms with Crippen molar-refractivity contribution in [3.63, 3.8) is 0 Å². The number of anilines is 1. The molecule has 0 aliphatic heterocycles. The average Bonchev–Trinajstić information content (AvgIpc) is 3.33. The number of rotatable bonds is 3. The highest BCUT2D eigenvalue weighted by Crippen LogP contribution is 2.28. The smallest absolute Gasteiger partial charge is 0.291 e. The fourth-order valence-electron chi connectivity index (χ4n) is 2.62. The van der Waals surface area contributed by atoms with E-state index in [1.54, 1.807) is 25.6 Å². The zero-order chi connectivity index (χ0) is 17.4. The predicted octanol–water partition coefficient (Wildman–Crippen LogP) is 2.68. The first-order valence-corrected chi connectivity index (χ1v) is 7.41. The van der Waals surface area contributed by atoms with Crippen molar-refractivity contribution in [2.75, 3.05) is 5.32 Å². The SMILES string of the molecule is Cn1c(C#N)cnc1C(=O)Nc1ccc2[nH]nc(-c3ccoc3)c2c1. The normalized spacial score (nSPS) is 10.7. The van der Waals surface area contributed by atoms with E-state index >= 15 is 0 Å². The Bertz CT molecular complexity index is 1110. The fraction of sp³-hybridized carbons (Fsp3) is 0.0588. The first kappa shape index (κ1) is 14.7. The molecule has 0 saturated heterocycles. The number of imidazole rings is 1. The molecule has 1 amide bonds. The van der Waals surface area contributed by atoms with Gasteiger partial charge in [0.25, 0.3) is 5.91 Å². The molecular formula is C17H12N6O2. The highest BCUT2D eigenvalue weighted by molar-refractivity contribution is 6.04. The number of nitrogens with one attached hydrogen (secondary N) is 2. The molecule has 3 heterocycles. The second-order valence-electron chi connectivity index (χ2n) is 5.44. The van der Waals surface area contributed by atoms with Gasteiger partial charge in [0.05, 0.1) is 24.2 Å². The third kappa shape index (κ3) is 2.44. The molecule has 0 saturated carbocycles. The van der Waals surface area contributed by atoms with Gasteiger partial charge in [-0.1, -0.05) is 0 Å². The van der Waals surface area contributed by atoms with Gasteiger partial charge < -0.3 is 14.3 Å². The number of furan rings is 1. The van der Waals surface area contributed by atoms with Crippen molar-refractivity contribution in [1.82, 2.24) is 19.7 Å². The lowest BCUT2D eigenvalue weighted by Crippen LogP contribution is -2.17.